The van der Waals surface area contributed by atoms with Crippen LogP contribution in [-0.4, -0.2) is 35.2 Å². The highest BCUT2D eigenvalue weighted by Gasteiger charge is 2.25. The van der Waals surface area contributed by atoms with E-state index in [0.29, 0.717) is 13.2 Å². The average molecular weight is 326 g/mol. The normalized spacial score (nSPS) is 21.6. The third kappa shape index (κ3) is 4.35. The van der Waals surface area contributed by atoms with Gasteiger partial charge in [-0.05, 0) is 25.0 Å². The molecule has 0 spiro atoms. The molecule has 0 unspecified atom stereocenters. The lowest BCUT2D eigenvalue weighted by atomic mass is 10.0. The molecule has 4 nitrogen and oxygen atoms in total. The summed E-state index contributed by atoms with van der Waals surface area (Å²) < 4.78 is 6.04. The van der Waals surface area contributed by atoms with Crippen LogP contribution in [0.3, 0.4) is 0 Å². The van der Waals surface area contributed by atoms with Crippen LogP contribution in [0.1, 0.15) is 23.1 Å². The minimum atomic E-state index is -0.445. The van der Waals surface area contributed by atoms with Gasteiger partial charge in [0.25, 0.3) is 0 Å². The molecule has 1 heterocycles. The molecule has 2 aromatic rings. The van der Waals surface area contributed by atoms with Crippen molar-refractivity contribution < 1.29 is 9.84 Å². The standard InChI is InChI=1S/C20H26N2O2/c1-15-6-8-16(9-7-15)14-24-20-5-3-2-4-17(20)12-22-11-10-18(21)19(23)13-22/h2-9,18-19,23H,10-14,21H2,1H3/t18-,19-/m1/s1. The number of hydrogen-bond donors (Lipinski definition) is 2. The molecule has 24 heavy (non-hydrogen) atoms. The van der Waals surface area contributed by atoms with Crippen molar-refractivity contribution in [1.29, 1.82) is 0 Å². The Bertz CT molecular complexity index is 657. The van der Waals surface area contributed by atoms with E-state index in [9.17, 15) is 5.11 Å². The Kier molecular flexibility index (Phi) is 5.51. The number of para-hydroxylation sites is 1. The second-order valence-corrected chi connectivity index (χ2v) is 6.64. The summed E-state index contributed by atoms with van der Waals surface area (Å²) in [6.45, 7) is 4.94. The number of likely N-dealkylation sites (tertiary alicyclic amines) is 1. The monoisotopic (exact) mass is 326 g/mol. The van der Waals surface area contributed by atoms with Gasteiger partial charge in [0.1, 0.15) is 12.4 Å². The number of rotatable bonds is 5. The first-order chi connectivity index (χ1) is 11.6. The van der Waals surface area contributed by atoms with E-state index in [2.05, 4.69) is 42.2 Å². The summed E-state index contributed by atoms with van der Waals surface area (Å²) in [5, 5.41) is 9.97. The van der Waals surface area contributed by atoms with Crippen molar-refractivity contribution in [2.75, 3.05) is 13.1 Å². The molecular weight excluding hydrogens is 300 g/mol. The molecule has 2 atom stereocenters. The molecule has 1 aliphatic heterocycles. The molecule has 1 fully saturated rings. The maximum atomic E-state index is 9.97. The van der Waals surface area contributed by atoms with Gasteiger partial charge in [0.2, 0.25) is 0 Å². The largest absolute Gasteiger partial charge is 0.489 e. The fourth-order valence-electron chi connectivity index (χ4n) is 3.02. The van der Waals surface area contributed by atoms with E-state index >= 15 is 0 Å². The van der Waals surface area contributed by atoms with E-state index in [1.165, 1.54) is 5.56 Å². The molecule has 2 aromatic carbocycles. The molecule has 1 aliphatic rings. The minimum absolute atomic E-state index is 0.103. The lowest BCUT2D eigenvalue weighted by Crippen LogP contribution is -2.50. The zero-order valence-electron chi connectivity index (χ0n) is 14.2. The summed E-state index contributed by atoms with van der Waals surface area (Å²) >= 11 is 0. The molecule has 0 aliphatic carbocycles. The van der Waals surface area contributed by atoms with Crippen molar-refractivity contribution in [3.05, 3.63) is 65.2 Å². The molecule has 1 saturated heterocycles. The van der Waals surface area contributed by atoms with Crippen molar-refractivity contribution >= 4 is 0 Å². The molecule has 3 rings (SSSR count). The second kappa shape index (κ2) is 7.79. The van der Waals surface area contributed by atoms with Crippen LogP contribution in [0.4, 0.5) is 0 Å². The highest BCUT2D eigenvalue weighted by molar-refractivity contribution is 5.33. The van der Waals surface area contributed by atoms with Gasteiger partial charge in [-0.2, -0.15) is 0 Å². The Morgan fingerprint density at radius 3 is 2.67 bits per heavy atom. The molecule has 128 valence electrons. The van der Waals surface area contributed by atoms with Gasteiger partial charge in [-0.3, -0.25) is 4.90 Å². The van der Waals surface area contributed by atoms with E-state index in [-0.39, 0.29) is 6.04 Å². The Morgan fingerprint density at radius 2 is 1.92 bits per heavy atom. The summed E-state index contributed by atoms with van der Waals surface area (Å²) in [4.78, 5) is 2.24. The van der Waals surface area contributed by atoms with E-state index in [0.717, 1.165) is 36.4 Å². The molecular formula is C20H26N2O2. The van der Waals surface area contributed by atoms with Crippen LogP contribution < -0.4 is 10.5 Å². The number of nitrogens with two attached hydrogens (primary N) is 1. The van der Waals surface area contributed by atoms with Crippen molar-refractivity contribution in [2.45, 2.75) is 38.6 Å². The first-order valence-electron chi connectivity index (χ1n) is 8.54. The van der Waals surface area contributed by atoms with Crippen LogP contribution in [0.25, 0.3) is 0 Å². The average Bonchev–Trinajstić information content (AvgIpc) is 2.59. The number of aliphatic hydroxyl groups is 1. The SMILES string of the molecule is Cc1ccc(COc2ccccc2CN2CC[C@@H](N)[C@H](O)C2)cc1. The smallest absolute Gasteiger partial charge is 0.124 e. The summed E-state index contributed by atoms with van der Waals surface area (Å²) in [5.74, 6) is 0.905. The summed E-state index contributed by atoms with van der Waals surface area (Å²) in [6.07, 6.45) is 0.382. The highest BCUT2D eigenvalue weighted by atomic mass is 16.5. The molecule has 3 N–H and O–H groups in total. The number of ether oxygens (including phenoxy) is 1. The van der Waals surface area contributed by atoms with Crippen LogP contribution in [0.2, 0.25) is 0 Å². The van der Waals surface area contributed by atoms with E-state index in [1.54, 1.807) is 0 Å². The maximum Gasteiger partial charge on any atom is 0.124 e. The predicted molar refractivity (Wildman–Crippen MR) is 95.8 cm³/mol. The van der Waals surface area contributed by atoms with Crippen LogP contribution >= 0.6 is 0 Å². The van der Waals surface area contributed by atoms with Crippen LogP contribution in [0, 0.1) is 6.92 Å². The quantitative estimate of drug-likeness (QED) is 0.886. The van der Waals surface area contributed by atoms with Crippen molar-refractivity contribution in [3.8, 4) is 5.75 Å². The van der Waals surface area contributed by atoms with Gasteiger partial charge in [-0.1, -0.05) is 48.0 Å². The number of hydrogen-bond acceptors (Lipinski definition) is 4. The van der Waals surface area contributed by atoms with Crippen LogP contribution in [0.15, 0.2) is 48.5 Å². The molecule has 0 bridgehead atoms. The van der Waals surface area contributed by atoms with Gasteiger partial charge in [0.15, 0.2) is 0 Å². The zero-order chi connectivity index (χ0) is 16.9. The third-order valence-corrected chi connectivity index (χ3v) is 4.60. The Balaban J connectivity index is 1.63. The van der Waals surface area contributed by atoms with E-state index in [4.69, 9.17) is 10.5 Å². The lowest BCUT2D eigenvalue weighted by molar-refractivity contribution is 0.0495. The number of piperidine rings is 1. The topological polar surface area (TPSA) is 58.7 Å². The fraction of sp³-hybridized carbons (Fsp3) is 0.400. The zero-order valence-corrected chi connectivity index (χ0v) is 14.2. The molecule has 4 heteroatoms. The number of aliphatic hydroxyl groups excluding tert-OH is 1. The minimum Gasteiger partial charge on any atom is -0.489 e. The van der Waals surface area contributed by atoms with E-state index in [1.807, 2.05) is 18.2 Å². The van der Waals surface area contributed by atoms with Crippen molar-refractivity contribution in [3.63, 3.8) is 0 Å². The molecule has 0 amide bonds. The summed E-state index contributed by atoms with van der Waals surface area (Å²) in [6, 6.07) is 16.4. The highest BCUT2D eigenvalue weighted by Crippen LogP contribution is 2.23. The number of aryl methyl sites for hydroxylation is 1. The van der Waals surface area contributed by atoms with Crippen molar-refractivity contribution in [2.24, 2.45) is 5.73 Å². The van der Waals surface area contributed by atoms with Gasteiger partial charge in [-0.25, -0.2) is 0 Å². The fourth-order valence-corrected chi connectivity index (χ4v) is 3.02. The molecule has 0 saturated carbocycles. The maximum absolute atomic E-state index is 9.97. The second-order valence-electron chi connectivity index (χ2n) is 6.64. The van der Waals surface area contributed by atoms with Crippen LogP contribution in [-0.2, 0) is 13.2 Å². The lowest BCUT2D eigenvalue weighted by Gasteiger charge is -2.34. The Labute approximate surface area is 143 Å². The first-order valence-corrected chi connectivity index (χ1v) is 8.54. The first kappa shape index (κ1) is 17.0. The van der Waals surface area contributed by atoms with Gasteiger partial charge < -0.3 is 15.6 Å². The number of β-amino-alcohol motifs (C(OH)–C–C–N with tert-alkyl or cyclic N) is 1. The Hall–Kier alpha value is -1.88. The summed E-state index contributed by atoms with van der Waals surface area (Å²) in [7, 11) is 0. The third-order valence-electron chi connectivity index (χ3n) is 4.60. The number of nitrogens with zero attached hydrogens (tertiary/aromatic N) is 1. The summed E-state index contributed by atoms with van der Waals surface area (Å²) in [5.41, 5.74) is 9.44. The van der Waals surface area contributed by atoms with Gasteiger partial charge in [0.05, 0.1) is 6.10 Å². The van der Waals surface area contributed by atoms with Crippen LogP contribution in [0.5, 0.6) is 5.75 Å². The number of benzene rings is 2. The van der Waals surface area contributed by atoms with Gasteiger partial charge in [0, 0.05) is 31.2 Å². The van der Waals surface area contributed by atoms with Crippen molar-refractivity contribution in [1.82, 2.24) is 4.90 Å². The van der Waals surface area contributed by atoms with Gasteiger partial charge >= 0.3 is 0 Å². The predicted octanol–water partition coefficient (Wildman–Crippen LogP) is 2.47. The molecule has 0 radical (unpaired) electrons. The Morgan fingerprint density at radius 1 is 1.17 bits per heavy atom. The van der Waals surface area contributed by atoms with E-state index < -0.39 is 6.10 Å². The van der Waals surface area contributed by atoms with Gasteiger partial charge in [-0.15, -0.1) is 0 Å². The molecule has 0 aromatic heterocycles.